The molecule has 0 radical (unpaired) electrons. The highest BCUT2D eigenvalue weighted by atomic mass is 16.5. The van der Waals surface area contributed by atoms with Gasteiger partial charge in [0.25, 0.3) is 5.89 Å². The predicted octanol–water partition coefficient (Wildman–Crippen LogP) is 0.982. The molecule has 0 spiro atoms. The van der Waals surface area contributed by atoms with Gasteiger partial charge in [-0.05, 0) is 25.7 Å². The predicted molar refractivity (Wildman–Crippen MR) is 84.0 cm³/mol. The zero-order valence-corrected chi connectivity index (χ0v) is 13.8. The van der Waals surface area contributed by atoms with Gasteiger partial charge in [-0.2, -0.15) is 4.98 Å². The second-order valence-corrected chi connectivity index (χ2v) is 6.28. The van der Waals surface area contributed by atoms with Crippen molar-refractivity contribution < 1.29 is 18.8 Å². The standard InChI is InChI=1S/C16H24N4O4/c21-14(11-20-9-3-1-2-6-15(20)22)17-8-7-13-18-16(24-19-13)12-5-4-10-23-12/h12H,1-11H2,(H,17,21)/t12-/m1/s1. The van der Waals surface area contributed by atoms with Gasteiger partial charge in [-0.25, -0.2) is 0 Å². The van der Waals surface area contributed by atoms with Crippen LogP contribution >= 0.6 is 0 Å². The van der Waals surface area contributed by atoms with Crippen LogP contribution < -0.4 is 5.32 Å². The van der Waals surface area contributed by atoms with E-state index in [0.717, 1.165) is 38.7 Å². The van der Waals surface area contributed by atoms with Crippen LogP contribution in [0.3, 0.4) is 0 Å². The molecular formula is C16H24N4O4. The van der Waals surface area contributed by atoms with Crippen molar-refractivity contribution in [3.63, 3.8) is 0 Å². The summed E-state index contributed by atoms with van der Waals surface area (Å²) in [5.74, 6) is 1.01. The number of carbonyl (C=O) groups excluding carboxylic acids is 2. The quantitative estimate of drug-likeness (QED) is 0.832. The maximum Gasteiger partial charge on any atom is 0.255 e. The smallest absolute Gasteiger partial charge is 0.255 e. The molecule has 1 aromatic rings. The molecule has 3 rings (SSSR count). The average molecular weight is 336 g/mol. The molecule has 1 N–H and O–H groups in total. The van der Waals surface area contributed by atoms with E-state index in [9.17, 15) is 9.59 Å². The Kier molecular flexibility index (Phi) is 5.79. The van der Waals surface area contributed by atoms with E-state index in [1.807, 2.05) is 0 Å². The first-order valence-electron chi connectivity index (χ1n) is 8.71. The first-order chi connectivity index (χ1) is 11.7. The maximum atomic E-state index is 12.0. The van der Waals surface area contributed by atoms with Crippen LogP contribution in [0.4, 0.5) is 0 Å². The summed E-state index contributed by atoms with van der Waals surface area (Å²) in [5.41, 5.74) is 0. The molecule has 132 valence electrons. The Hall–Kier alpha value is -1.96. The number of aromatic nitrogens is 2. The van der Waals surface area contributed by atoms with Gasteiger partial charge >= 0.3 is 0 Å². The lowest BCUT2D eigenvalue weighted by Crippen LogP contribution is -2.41. The first kappa shape index (κ1) is 16.9. The number of ether oxygens (including phenoxy) is 1. The molecule has 2 aliphatic rings. The van der Waals surface area contributed by atoms with E-state index in [1.165, 1.54) is 0 Å². The molecule has 0 saturated carbocycles. The van der Waals surface area contributed by atoms with E-state index in [2.05, 4.69) is 15.5 Å². The number of hydrogen-bond acceptors (Lipinski definition) is 6. The normalized spacial score (nSPS) is 21.8. The lowest BCUT2D eigenvalue weighted by Gasteiger charge is -2.19. The molecule has 8 nitrogen and oxygen atoms in total. The molecule has 2 amide bonds. The van der Waals surface area contributed by atoms with Gasteiger partial charge in [0.1, 0.15) is 6.10 Å². The van der Waals surface area contributed by atoms with E-state index < -0.39 is 0 Å². The molecule has 24 heavy (non-hydrogen) atoms. The Morgan fingerprint density at radius 1 is 1.29 bits per heavy atom. The van der Waals surface area contributed by atoms with Gasteiger partial charge in [0, 0.05) is 32.5 Å². The van der Waals surface area contributed by atoms with Crippen molar-refractivity contribution in [3.8, 4) is 0 Å². The second-order valence-electron chi connectivity index (χ2n) is 6.28. The highest BCUT2D eigenvalue weighted by molar-refractivity contribution is 5.84. The molecule has 0 aliphatic carbocycles. The van der Waals surface area contributed by atoms with Crippen LogP contribution in [0.1, 0.15) is 56.3 Å². The number of hydrogen-bond donors (Lipinski definition) is 1. The minimum Gasteiger partial charge on any atom is -0.368 e. The molecule has 0 bridgehead atoms. The summed E-state index contributed by atoms with van der Waals surface area (Å²) in [5, 5.41) is 6.73. The summed E-state index contributed by atoms with van der Waals surface area (Å²) in [6.07, 6.45) is 5.80. The number of nitrogens with one attached hydrogen (secondary N) is 1. The Morgan fingerprint density at radius 3 is 3.04 bits per heavy atom. The van der Waals surface area contributed by atoms with Crippen LogP contribution in [0, 0.1) is 0 Å². The highest BCUT2D eigenvalue weighted by Gasteiger charge is 2.24. The van der Waals surface area contributed by atoms with Crippen LogP contribution in [0.2, 0.25) is 0 Å². The summed E-state index contributed by atoms with van der Waals surface area (Å²) >= 11 is 0. The Morgan fingerprint density at radius 2 is 2.21 bits per heavy atom. The lowest BCUT2D eigenvalue weighted by molar-refractivity contribution is -0.135. The van der Waals surface area contributed by atoms with Crippen LogP contribution in [0.15, 0.2) is 4.52 Å². The Bertz CT molecular complexity index is 568. The third kappa shape index (κ3) is 4.53. The van der Waals surface area contributed by atoms with E-state index in [0.29, 0.717) is 37.6 Å². The van der Waals surface area contributed by atoms with Gasteiger partial charge in [0.2, 0.25) is 11.8 Å². The maximum absolute atomic E-state index is 12.0. The van der Waals surface area contributed by atoms with Gasteiger partial charge in [0.05, 0.1) is 6.54 Å². The van der Waals surface area contributed by atoms with E-state index >= 15 is 0 Å². The number of rotatable bonds is 6. The molecule has 3 heterocycles. The molecule has 1 aromatic heterocycles. The molecule has 0 unspecified atom stereocenters. The summed E-state index contributed by atoms with van der Waals surface area (Å²) < 4.78 is 10.7. The van der Waals surface area contributed by atoms with Gasteiger partial charge in [0.15, 0.2) is 5.82 Å². The second kappa shape index (κ2) is 8.23. The summed E-state index contributed by atoms with van der Waals surface area (Å²) in [6.45, 7) is 1.95. The number of nitrogens with zero attached hydrogens (tertiary/aromatic N) is 3. The van der Waals surface area contributed by atoms with Crippen LogP contribution in [0.25, 0.3) is 0 Å². The van der Waals surface area contributed by atoms with Crippen LogP contribution in [0.5, 0.6) is 0 Å². The number of likely N-dealkylation sites (tertiary alicyclic amines) is 1. The molecule has 2 aliphatic heterocycles. The largest absolute Gasteiger partial charge is 0.368 e. The third-order valence-electron chi connectivity index (χ3n) is 4.37. The fourth-order valence-corrected chi connectivity index (χ4v) is 3.02. The van der Waals surface area contributed by atoms with Crippen molar-refractivity contribution in [2.45, 2.75) is 51.0 Å². The minimum atomic E-state index is -0.145. The first-order valence-corrected chi connectivity index (χ1v) is 8.71. The summed E-state index contributed by atoms with van der Waals surface area (Å²) in [6, 6.07) is 0. The van der Waals surface area contributed by atoms with E-state index in [-0.39, 0.29) is 24.5 Å². The van der Waals surface area contributed by atoms with Gasteiger partial charge < -0.3 is 19.5 Å². The van der Waals surface area contributed by atoms with Crippen molar-refractivity contribution in [2.75, 3.05) is 26.2 Å². The van der Waals surface area contributed by atoms with Crippen LogP contribution in [-0.2, 0) is 20.7 Å². The minimum absolute atomic E-state index is 0.0713. The SMILES string of the molecule is O=C(CN1CCCCCC1=O)NCCc1noc([C@H]2CCCO2)n1. The van der Waals surface area contributed by atoms with Crippen LogP contribution in [-0.4, -0.2) is 53.1 Å². The number of amides is 2. The van der Waals surface area contributed by atoms with E-state index in [1.54, 1.807) is 4.90 Å². The topological polar surface area (TPSA) is 97.6 Å². The molecular weight excluding hydrogens is 312 g/mol. The molecule has 1 atom stereocenters. The molecule has 2 saturated heterocycles. The molecule has 0 aromatic carbocycles. The Balaban J connectivity index is 1.39. The van der Waals surface area contributed by atoms with Gasteiger partial charge in [-0.3, -0.25) is 9.59 Å². The van der Waals surface area contributed by atoms with Crippen molar-refractivity contribution in [1.29, 1.82) is 0 Å². The van der Waals surface area contributed by atoms with Crippen molar-refractivity contribution in [3.05, 3.63) is 11.7 Å². The summed E-state index contributed by atoms with van der Waals surface area (Å²) in [4.78, 5) is 29.8. The van der Waals surface area contributed by atoms with Gasteiger partial charge in [-0.1, -0.05) is 11.6 Å². The highest BCUT2D eigenvalue weighted by Crippen LogP contribution is 2.26. The lowest BCUT2D eigenvalue weighted by atomic mass is 10.2. The van der Waals surface area contributed by atoms with Gasteiger partial charge in [-0.15, -0.1) is 0 Å². The molecule has 2 fully saturated rings. The van der Waals surface area contributed by atoms with Crippen molar-refractivity contribution in [2.24, 2.45) is 0 Å². The molecule has 8 heteroatoms. The monoisotopic (exact) mass is 336 g/mol. The fourth-order valence-electron chi connectivity index (χ4n) is 3.02. The Labute approximate surface area is 140 Å². The fraction of sp³-hybridized carbons (Fsp3) is 0.750. The third-order valence-corrected chi connectivity index (χ3v) is 4.37. The zero-order valence-electron chi connectivity index (χ0n) is 13.8. The van der Waals surface area contributed by atoms with Crippen molar-refractivity contribution in [1.82, 2.24) is 20.4 Å². The summed E-state index contributed by atoms with van der Waals surface area (Å²) in [7, 11) is 0. The number of carbonyl (C=O) groups is 2. The van der Waals surface area contributed by atoms with Crippen molar-refractivity contribution >= 4 is 11.8 Å². The average Bonchev–Trinajstić information content (AvgIpc) is 3.21. The zero-order chi connectivity index (χ0) is 16.8. The van der Waals surface area contributed by atoms with E-state index in [4.69, 9.17) is 9.26 Å².